The molecule has 0 amide bonds. The van der Waals surface area contributed by atoms with E-state index in [2.05, 4.69) is 10.2 Å². The zero-order chi connectivity index (χ0) is 16.7. The molecule has 3 aromatic heterocycles. The molecule has 1 aromatic carbocycles. The fourth-order valence-electron chi connectivity index (χ4n) is 2.50. The smallest absolute Gasteiger partial charge is 0.283 e. The standard InChI is InChI=1S/C18H13ClN2O3/c1-10-9-14(11(2)22-10)17-20-21-18(24-17)16-8-7-15(23-16)12-3-5-13(19)6-4-12/h3-9H,1-2H3. The van der Waals surface area contributed by atoms with Crippen molar-refractivity contribution in [3.05, 3.63) is 59.0 Å². The maximum absolute atomic E-state index is 5.90. The van der Waals surface area contributed by atoms with Gasteiger partial charge >= 0.3 is 0 Å². The van der Waals surface area contributed by atoms with E-state index in [-0.39, 0.29) is 0 Å². The molecule has 5 nitrogen and oxygen atoms in total. The van der Waals surface area contributed by atoms with E-state index in [1.165, 1.54) is 0 Å². The van der Waals surface area contributed by atoms with Gasteiger partial charge in [0, 0.05) is 10.6 Å². The minimum Gasteiger partial charge on any atom is -0.466 e. The van der Waals surface area contributed by atoms with E-state index in [1.54, 1.807) is 6.07 Å². The summed E-state index contributed by atoms with van der Waals surface area (Å²) in [6, 6.07) is 12.9. The SMILES string of the molecule is Cc1cc(-c2nnc(-c3ccc(-c4ccc(Cl)cc4)o3)o2)c(C)o1. The maximum Gasteiger partial charge on any atom is 0.283 e. The summed E-state index contributed by atoms with van der Waals surface area (Å²) in [6.07, 6.45) is 0. The molecule has 0 atom stereocenters. The monoisotopic (exact) mass is 340 g/mol. The van der Waals surface area contributed by atoms with Crippen molar-refractivity contribution in [2.24, 2.45) is 0 Å². The number of benzene rings is 1. The maximum atomic E-state index is 5.90. The van der Waals surface area contributed by atoms with Gasteiger partial charge in [-0.1, -0.05) is 11.6 Å². The molecule has 0 spiro atoms. The Morgan fingerprint density at radius 1 is 0.792 bits per heavy atom. The number of hydrogen-bond donors (Lipinski definition) is 0. The van der Waals surface area contributed by atoms with E-state index in [9.17, 15) is 0 Å². The van der Waals surface area contributed by atoms with Gasteiger partial charge in [0.05, 0.1) is 5.56 Å². The van der Waals surface area contributed by atoms with Gasteiger partial charge in [0.2, 0.25) is 0 Å². The zero-order valence-corrected chi connectivity index (χ0v) is 13.8. The summed E-state index contributed by atoms with van der Waals surface area (Å²) < 4.78 is 17.0. The van der Waals surface area contributed by atoms with Crippen LogP contribution in [0.5, 0.6) is 0 Å². The second kappa shape index (κ2) is 5.69. The third kappa shape index (κ3) is 2.63. The Labute approximate surface area is 142 Å². The average Bonchev–Trinajstić information content (AvgIpc) is 3.27. The number of halogens is 1. The largest absolute Gasteiger partial charge is 0.466 e. The molecule has 0 radical (unpaired) electrons. The highest BCUT2D eigenvalue weighted by Gasteiger charge is 2.17. The number of furan rings is 2. The van der Waals surface area contributed by atoms with Gasteiger partial charge in [0.15, 0.2) is 5.76 Å². The van der Waals surface area contributed by atoms with Crippen molar-refractivity contribution in [1.29, 1.82) is 0 Å². The van der Waals surface area contributed by atoms with Crippen LogP contribution in [0, 0.1) is 13.8 Å². The lowest BCUT2D eigenvalue weighted by atomic mass is 10.2. The molecular formula is C18H13ClN2O3. The van der Waals surface area contributed by atoms with Crippen molar-refractivity contribution in [2.45, 2.75) is 13.8 Å². The van der Waals surface area contributed by atoms with Crippen LogP contribution in [0.25, 0.3) is 34.4 Å². The summed E-state index contributed by atoms with van der Waals surface area (Å²) in [5, 5.41) is 8.82. The molecule has 4 rings (SSSR count). The molecule has 0 fully saturated rings. The Kier molecular flexibility index (Phi) is 3.50. The van der Waals surface area contributed by atoms with E-state index < -0.39 is 0 Å². The number of nitrogens with zero attached hydrogens (tertiary/aromatic N) is 2. The van der Waals surface area contributed by atoms with Crippen LogP contribution in [0.3, 0.4) is 0 Å². The summed E-state index contributed by atoms with van der Waals surface area (Å²) in [4.78, 5) is 0. The van der Waals surface area contributed by atoms with Gasteiger partial charge in [-0.2, -0.15) is 0 Å². The first-order valence-corrected chi connectivity index (χ1v) is 7.75. The molecule has 0 aliphatic carbocycles. The molecule has 24 heavy (non-hydrogen) atoms. The first-order valence-electron chi connectivity index (χ1n) is 7.37. The number of rotatable bonds is 3. The van der Waals surface area contributed by atoms with Crippen LogP contribution in [-0.2, 0) is 0 Å². The molecule has 0 saturated carbocycles. The van der Waals surface area contributed by atoms with E-state index >= 15 is 0 Å². The van der Waals surface area contributed by atoms with Crippen LogP contribution in [-0.4, -0.2) is 10.2 Å². The van der Waals surface area contributed by atoms with Crippen LogP contribution >= 0.6 is 11.6 Å². The van der Waals surface area contributed by atoms with Gasteiger partial charge in [0.1, 0.15) is 17.3 Å². The third-order valence-corrected chi connectivity index (χ3v) is 3.89. The van der Waals surface area contributed by atoms with Crippen molar-refractivity contribution in [3.8, 4) is 34.4 Å². The average molecular weight is 341 g/mol. The number of hydrogen-bond acceptors (Lipinski definition) is 5. The molecule has 120 valence electrons. The Hall–Kier alpha value is -2.79. The van der Waals surface area contributed by atoms with Crippen LogP contribution in [0.4, 0.5) is 0 Å². The Bertz CT molecular complexity index is 996. The molecule has 0 unspecified atom stereocenters. The Morgan fingerprint density at radius 3 is 2.21 bits per heavy atom. The first kappa shape index (κ1) is 14.8. The predicted molar refractivity (Wildman–Crippen MR) is 89.6 cm³/mol. The zero-order valence-electron chi connectivity index (χ0n) is 13.0. The highest BCUT2D eigenvalue weighted by molar-refractivity contribution is 6.30. The first-order chi connectivity index (χ1) is 11.6. The van der Waals surface area contributed by atoms with Gasteiger partial charge in [-0.15, -0.1) is 10.2 Å². The molecule has 0 aliphatic rings. The summed E-state index contributed by atoms with van der Waals surface area (Å²) in [5.41, 5.74) is 1.71. The van der Waals surface area contributed by atoms with Gasteiger partial charge in [-0.05, 0) is 56.3 Å². The summed E-state index contributed by atoms with van der Waals surface area (Å²) in [7, 11) is 0. The summed E-state index contributed by atoms with van der Waals surface area (Å²) in [5.74, 6) is 3.48. The topological polar surface area (TPSA) is 65.2 Å². The van der Waals surface area contributed by atoms with Crippen LogP contribution in [0.15, 0.2) is 55.7 Å². The van der Waals surface area contributed by atoms with Crippen molar-refractivity contribution in [1.82, 2.24) is 10.2 Å². The van der Waals surface area contributed by atoms with Gasteiger partial charge < -0.3 is 13.3 Å². The molecule has 0 N–H and O–H groups in total. The molecule has 0 aliphatic heterocycles. The third-order valence-electron chi connectivity index (χ3n) is 3.64. The number of aromatic nitrogens is 2. The van der Waals surface area contributed by atoms with E-state index in [0.29, 0.717) is 28.3 Å². The molecule has 0 bridgehead atoms. The van der Waals surface area contributed by atoms with Crippen LogP contribution in [0.1, 0.15) is 11.5 Å². The lowest BCUT2D eigenvalue weighted by molar-refractivity contribution is 0.501. The van der Waals surface area contributed by atoms with Crippen LogP contribution < -0.4 is 0 Å². The lowest BCUT2D eigenvalue weighted by Gasteiger charge is -1.96. The Morgan fingerprint density at radius 2 is 1.50 bits per heavy atom. The van der Waals surface area contributed by atoms with Gasteiger partial charge in [0.25, 0.3) is 11.8 Å². The van der Waals surface area contributed by atoms with Crippen molar-refractivity contribution >= 4 is 11.6 Å². The van der Waals surface area contributed by atoms with Crippen molar-refractivity contribution < 1.29 is 13.3 Å². The summed E-state index contributed by atoms with van der Waals surface area (Å²) in [6.45, 7) is 3.73. The predicted octanol–water partition coefficient (Wildman–Crippen LogP) is 5.53. The fraction of sp³-hybridized carbons (Fsp3) is 0.111. The molecule has 3 heterocycles. The molecule has 6 heteroatoms. The van der Waals surface area contributed by atoms with Crippen LogP contribution in [0.2, 0.25) is 5.02 Å². The normalized spacial score (nSPS) is 11.1. The van der Waals surface area contributed by atoms with Crippen molar-refractivity contribution in [3.63, 3.8) is 0 Å². The summed E-state index contributed by atoms with van der Waals surface area (Å²) >= 11 is 5.90. The molecule has 0 saturated heterocycles. The Balaban J connectivity index is 1.66. The highest BCUT2D eigenvalue weighted by Crippen LogP contribution is 2.31. The van der Waals surface area contributed by atoms with E-state index in [4.69, 9.17) is 24.9 Å². The fourth-order valence-corrected chi connectivity index (χ4v) is 2.62. The van der Waals surface area contributed by atoms with Gasteiger partial charge in [-0.25, -0.2) is 0 Å². The van der Waals surface area contributed by atoms with Crippen molar-refractivity contribution in [2.75, 3.05) is 0 Å². The van der Waals surface area contributed by atoms with E-state index in [0.717, 1.165) is 22.6 Å². The molecule has 4 aromatic rings. The van der Waals surface area contributed by atoms with Gasteiger partial charge in [-0.3, -0.25) is 0 Å². The molecular weight excluding hydrogens is 328 g/mol. The minimum absolute atomic E-state index is 0.323. The quantitative estimate of drug-likeness (QED) is 0.490. The van der Waals surface area contributed by atoms with E-state index in [1.807, 2.05) is 50.2 Å². The highest BCUT2D eigenvalue weighted by atomic mass is 35.5. The lowest BCUT2D eigenvalue weighted by Crippen LogP contribution is -1.76. The number of aryl methyl sites for hydroxylation is 2. The second-order valence-corrected chi connectivity index (χ2v) is 5.85. The minimum atomic E-state index is 0.323. The second-order valence-electron chi connectivity index (χ2n) is 5.41.